The molecule has 1 saturated heterocycles. The number of nitrogens with zero attached hydrogens (tertiary/aromatic N) is 4. The van der Waals surface area contributed by atoms with Gasteiger partial charge in [0.1, 0.15) is 17.5 Å². The number of nitro benzene ring substituents is 1. The maximum Gasteiger partial charge on any atom is 0.270 e. The zero-order valence-corrected chi connectivity index (χ0v) is 16.7. The van der Waals surface area contributed by atoms with Crippen LogP contribution in [-0.4, -0.2) is 62.7 Å². The summed E-state index contributed by atoms with van der Waals surface area (Å²) in [6, 6.07) is 6.72. The van der Waals surface area contributed by atoms with Crippen LogP contribution in [0.4, 0.5) is 17.3 Å². The quantitative estimate of drug-likeness (QED) is 0.361. The lowest BCUT2D eigenvalue weighted by Crippen LogP contribution is -2.37. The van der Waals surface area contributed by atoms with Crippen LogP contribution in [0.5, 0.6) is 0 Å². The molecule has 156 valence electrons. The fourth-order valence-corrected chi connectivity index (χ4v) is 3.89. The number of non-ortho nitro benzene ring substituents is 1. The first-order valence-corrected chi connectivity index (χ1v) is 10.5. The van der Waals surface area contributed by atoms with Gasteiger partial charge in [0.25, 0.3) is 5.69 Å². The highest BCUT2D eigenvalue weighted by molar-refractivity contribution is 7.89. The molecule has 0 aliphatic carbocycles. The SMILES string of the molecule is Cc1nc(NCCNS(=O)(=O)c2cccc([N+](=O)[O-])c2)cc(N2CCOCC2)n1. The average molecular weight is 422 g/mol. The summed E-state index contributed by atoms with van der Waals surface area (Å²) in [6.45, 7) is 4.95. The van der Waals surface area contributed by atoms with E-state index in [1.54, 1.807) is 6.92 Å². The number of nitro groups is 1. The summed E-state index contributed by atoms with van der Waals surface area (Å²) in [5.41, 5.74) is -0.280. The van der Waals surface area contributed by atoms with E-state index < -0.39 is 14.9 Å². The third-order valence-electron chi connectivity index (χ3n) is 4.22. The Kier molecular flexibility index (Phi) is 6.56. The smallest absolute Gasteiger partial charge is 0.270 e. The summed E-state index contributed by atoms with van der Waals surface area (Å²) in [5, 5.41) is 13.9. The van der Waals surface area contributed by atoms with Crippen molar-refractivity contribution in [2.75, 3.05) is 49.6 Å². The summed E-state index contributed by atoms with van der Waals surface area (Å²) in [5.74, 6) is 1.99. The lowest BCUT2D eigenvalue weighted by Gasteiger charge is -2.28. The van der Waals surface area contributed by atoms with Gasteiger partial charge in [0, 0.05) is 44.4 Å². The van der Waals surface area contributed by atoms with Crippen molar-refractivity contribution in [3.8, 4) is 0 Å². The molecular weight excluding hydrogens is 400 g/mol. The number of aromatic nitrogens is 2. The van der Waals surface area contributed by atoms with E-state index in [1.807, 2.05) is 6.07 Å². The van der Waals surface area contributed by atoms with Crippen molar-refractivity contribution in [1.29, 1.82) is 0 Å². The summed E-state index contributed by atoms with van der Waals surface area (Å²) in [7, 11) is -3.85. The second-order valence-electron chi connectivity index (χ2n) is 6.34. The molecule has 0 radical (unpaired) electrons. The third kappa shape index (κ3) is 5.59. The van der Waals surface area contributed by atoms with E-state index in [1.165, 1.54) is 18.2 Å². The molecule has 1 aliphatic heterocycles. The molecular formula is C17H22N6O5S. The van der Waals surface area contributed by atoms with Crippen LogP contribution in [0.25, 0.3) is 0 Å². The second kappa shape index (κ2) is 9.11. The number of nitrogens with one attached hydrogen (secondary N) is 2. The summed E-state index contributed by atoms with van der Waals surface area (Å²) in [4.78, 5) is 20.9. The van der Waals surface area contributed by atoms with Gasteiger partial charge >= 0.3 is 0 Å². The molecule has 2 heterocycles. The second-order valence-corrected chi connectivity index (χ2v) is 8.10. The van der Waals surface area contributed by atoms with E-state index in [0.29, 0.717) is 24.9 Å². The number of sulfonamides is 1. The Bertz CT molecular complexity index is 978. The minimum absolute atomic E-state index is 0.0843. The van der Waals surface area contributed by atoms with Gasteiger partial charge in [-0.25, -0.2) is 23.1 Å². The predicted octanol–water partition coefficient (Wildman–Crippen LogP) is 0.920. The Morgan fingerprint density at radius 2 is 1.97 bits per heavy atom. The fourth-order valence-electron chi connectivity index (χ4n) is 2.82. The molecule has 1 aromatic heterocycles. The van der Waals surface area contributed by atoms with Gasteiger partial charge in [-0.3, -0.25) is 10.1 Å². The topological polar surface area (TPSA) is 140 Å². The number of ether oxygens (including phenoxy) is 1. The van der Waals surface area contributed by atoms with Crippen molar-refractivity contribution < 1.29 is 18.1 Å². The molecule has 11 nitrogen and oxygen atoms in total. The lowest BCUT2D eigenvalue weighted by atomic mass is 10.3. The minimum atomic E-state index is -3.85. The van der Waals surface area contributed by atoms with Gasteiger partial charge in [-0.15, -0.1) is 0 Å². The first-order valence-electron chi connectivity index (χ1n) is 9.01. The normalized spacial score (nSPS) is 14.6. The molecule has 0 amide bonds. The summed E-state index contributed by atoms with van der Waals surface area (Å²) in [6.07, 6.45) is 0. The standard InChI is InChI=1S/C17H22N6O5S/c1-13-20-16(12-17(21-13)22-7-9-28-10-8-22)18-5-6-19-29(26,27)15-4-2-3-14(11-15)23(24)25/h2-4,11-12,19H,5-10H2,1H3,(H,18,20,21). The zero-order valence-electron chi connectivity index (χ0n) is 15.9. The molecule has 2 aromatic rings. The van der Waals surface area contributed by atoms with Gasteiger partial charge in [-0.1, -0.05) is 6.07 Å². The van der Waals surface area contributed by atoms with Gasteiger partial charge in [-0.2, -0.15) is 0 Å². The van der Waals surface area contributed by atoms with Crippen LogP contribution < -0.4 is 14.9 Å². The van der Waals surface area contributed by atoms with Crippen LogP contribution in [0.3, 0.4) is 0 Å². The highest BCUT2D eigenvalue weighted by atomic mass is 32.2. The zero-order chi connectivity index (χ0) is 20.9. The van der Waals surface area contributed by atoms with Gasteiger partial charge in [-0.05, 0) is 13.0 Å². The van der Waals surface area contributed by atoms with Crippen LogP contribution in [-0.2, 0) is 14.8 Å². The van der Waals surface area contributed by atoms with Crippen molar-refractivity contribution in [3.63, 3.8) is 0 Å². The number of morpholine rings is 1. The van der Waals surface area contributed by atoms with E-state index in [4.69, 9.17) is 4.74 Å². The number of hydrogen-bond donors (Lipinski definition) is 2. The number of anilines is 2. The molecule has 1 aromatic carbocycles. The minimum Gasteiger partial charge on any atom is -0.378 e. The first-order chi connectivity index (χ1) is 13.8. The van der Waals surface area contributed by atoms with Gasteiger partial charge < -0.3 is 15.0 Å². The number of aryl methyl sites for hydroxylation is 1. The molecule has 1 aliphatic rings. The van der Waals surface area contributed by atoms with E-state index in [2.05, 4.69) is 24.9 Å². The van der Waals surface area contributed by atoms with Crippen LogP contribution in [0, 0.1) is 17.0 Å². The van der Waals surface area contributed by atoms with Crippen molar-refractivity contribution in [3.05, 3.63) is 46.3 Å². The van der Waals surface area contributed by atoms with Crippen molar-refractivity contribution in [1.82, 2.24) is 14.7 Å². The maximum absolute atomic E-state index is 12.3. The largest absolute Gasteiger partial charge is 0.378 e. The Morgan fingerprint density at radius 3 is 2.69 bits per heavy atom. The molecule has 0 atom stereocenters. The van der Waals surface area contributed by atoms with E-state index in [9.17, 15) is 18.5 Å². The van der Waals surface area contributed by atoms with Crippen LogP contribution in [0.15, 0.2) is 35.2 Å². The van der Waals surface area contributed by atoms with Gasteiger partial charge in [0.05, 0.1) is 23.0 Å². The molecule has 12 heteroatoms. The summed E-state index contributed by atoms with van der Waals surface area (Å²) >= 11 is 0. The van der Waals surface area contributed by atoms with Crippen LogP contribution in [0.2, 0.25) is 0 Å². The molecule has 0 unspecified atom stereocenters. The predicted molar refractivity (Wildman–Crippen MR) is 107 cm³/mol. The van der Waals surface area contributed by atoms with Crippen LogP contribution in [0.1, 0.15) is 5.82 Å². The monoisotopic (exact) mass is 422 g/mol. The van der Waals surface area contributed by atoms with Crippen LogP contribution >= 0.6 is 0 Å². The highest BCUT2D eigenvalue weighted by Crippen LogP contribution is 2.18. The third-order valence-corrected chi connectivity index (χ3v) is 5.68. The average Bonchev–Trinajstić information content (AvgIpc) is 2.71. The molecule has 0 bridgehead atoms. The molecule has 0 spiro atoms. The number of benzene rings is 1. The van der Waals surface area contributed by atoms with Crippen molar-refractivity contribution >= 4 is 27.3 Å². The Morgan fingerprint density at radius 1 is 1.21 bits per heavy atom. The molecule has 3 rings (SSSR count). The highest BCUT2D eigenvalue weighted by Gasteiger charge is 2.17. The van der Waals surface area contributed by atoms with E-state index >= 15 is 0 Å². The molecule has 29 heavy (non-hydrogen) atoms. The van der Waals surface area contributed by atoms with E-state index in [0.717, 1.165) is 25.0 Å². The lowest BCUT2D eigenvalue weighted by molar-refractivity contribution is -0.385. The molecule has 0 saturated carbocycles. The first kappa shape index (κ1) is 20.9. The number of hydrogen-bond acceptors (Lipinski definition) is 9. The van der Waals surface area contributed by atoms with Crippen molar-refractivity contribution in [2.24, 2.45) is 0 Å². The Balaban J connectivity index is 1.58. The van der Waals surface area contributed by atoms with Gasteiger partial charge in [0.15, 0.2) is 0 Å². The Labute approximate surface area is 168 Å². The maximum atomic E-state index is 12.3. The molecule has 1 fully saturated rings. The molecule has 2 N–H and O–H groups in total. The summed E-state index contributed by atoms with van der Waals surface area (Å²) < 4.78 is 32.4. The van der Waals surface area contributed by atoms with Gasteiger partial charge in [0.2, 0.25) is 10.0 Å². The van der Waals surface area contributed by atoms with E-state index in [-0.39, 0.29) is 23.7 Å². The van der Waals surface area contributed by atoms with Crippen molar-refractivity contribution in [2.45, 2.75) is 11.8 Å². The Hall–Kier alpha value is -2.83. The fraction of sp³-hybridized carbons (Fsp3) is 0.412. The number of rotatable bonds is 8.